The third-order valence-corrected chi connectivity index (χ3v) is 3.03. The highest BCUT2D eigenvalue weighted by Crippen LogP contribution is 2.16. The van der Waals surface area contributed by atoms with Crippen LogP contribution >= 0.6 is 0 Å². The fourth-order valence-corrected chi connectivity index (χ4v) is 1.97. The summed E-state index contributed by atoms with van der Waals surface area (Å²) in [4.78, 5) is 22.3. The van der Waals surface area contributed by atoms with Gasteiger partial charge in [-0.25, -0.2) is 4.79 Å². The minimum Gasteiger partial charge on any atom is -0.478 e. The Morgan fingerprint density at radius 2 is 2.35 bits per heavy atom. The van der Waals surface area contributed by atoms with E-state index in [1.165, 1.54) is 22.9 Å². The first-order valence-corrected chi connectivity index (χ1v) is 5.68. The van der Waals surface area contributed by atoms with E-state index in [-0.39, 0.29) is 11.1 Å². The number of aromatic nitrogens is 1. The molecule has 1 aliphatic heterocycles. The van der Waals surface area contributed by atoms with Crippen LogP contribution in [-0.4, -0.2) is 28.9 Å². The zero-order valence-corrected chi connectivity index (χ0v) is 9.46. The van der Waals surface area contributed by atoms with Gasteiger partial charge in [0.05, 0.1) is 5.56 Å². The summed E-state index contributed by atoms with van der Waals surface area (Å²) in [5, 5.41) is 8.84. The molecule has 1 aromatic rings. The lowest BCUT2D eigenvalue weighted by Gasteiger charge is -2.09. The standard InChI is InChI=1S/C12H15NO4/c14-11-2-1-10(12(15)16)7-13(11)5-3-9-4-6-17-8-9/h1-2,7,9H,3-6,8H2,(H,15,16). The predicted molar refractivity (Wildman–Crippen MR) is 61.2 cm³/mol. The molecular weight excluding hydrogens is 222 g/mol. The molecule has 1 fully saturated rings. The Labute approximate surface area is 98.6 Å². The van der Waals surface area contributed by atoms with Crippen molar-refractivity contribution in [1.29, 1.82) is 0 Å². The molecule has 1 aliphatic rings. The second-order valence-electron chi connectivity index (χ2n) is 4.27. The molecule has 1 aromatic heterocycles. The van der Waals surface area contributed by atoms with Crippen molar-refractivity contribution >= 4 is 5.97 Å². The Hall–Kier alpha value is -1.62. The van der Waals surface area contributed by atoms with Gasteiger partial charge in [-0.1, -0.05) is 0 Å². The highest BCUT2D eigenvalue weighted by molar-refractivity contribution is 5.87. The molecule has 0 radical (unpaired) electrons. The number of pyridine rings is 1. The number of carbonyl (C=O) groups is 1. The van der Waals surface area contributed by atoms with E-state index in [0.717, 1.165) is 26.1 Å². The van der Waals surface area contributed by atoms with Gasteiger partial charge in [0.1, 0.15) is 0 Å². The van der Waals surface area contributed by atoms with E-state index in [4.69, 9.17) is 9.84 Å². The minimum atomic E-state index is -1.01. The summed E-state index contributed by atoms with van der Waals surface area (Å²) in [6.07, 6.45) is 3.27. The maximum absolute atomic E-state index is 11.5. The highest BCUT2D eigenvalue weighted by atomic mass is 16.5. The van der Waals surface area contributed by atoms with Gasteiger partial charge in [-0.2, -0.15) is 0 Å². The number of hydrogen-bond acceptors (Lipinski definition) is 3. The smallest absolute Gasteiger partial charge is 0.337 e. The molecule has 0 aromatic carbocycles. The van der Waals surface area contributed by atoms with Gasteiger partial charge in [-0.15, -0.1) is 0 Å². The summed E-state index contributed by atoms with van der Waals surface area (Å²) in [5.41, 5.74) is -0.0128. The van der Waals surface area contributed by atoms with Crippen molar-refractivity contribution in [1.82, 2.24) is 4.57 Å². The summed E-state index contributed by atoms with van der Waals surface area (Å²) < 4.78 is 6.72. The summed E-state index contributed by atoms with van der Waals surface area (Å²) in [6, 6.07) is 2.63. The maximum atomic E-state index is 11.5. The first-order valence-electron chi connectivity index (χ1n) is 5.68. The van der Waals surface area contributed by atoms with Gasteiger partial charge in [0, 0.05) is 32.0 Å². The Morgan fingerprint density at radius 3 is 3.00 bits per heavy atom. The largest absolute Gasteiger partial charge is 0.478 e. The molecule has 0 bridgehead atoms. The van der Waals surface area contributed by atoms with Gasteiger partial charge >= 0.3 is 5.97 Å². The van der Waals surface area contributed by atoms with Crippen LogP contribution in [0.3, 0.4) is 0 Å². The molecule has 1 N–H and O–H groups in total. The lowest BCUT2D eigenvalue weighted by molar-refractivity contribution is 0.0695. The van der Waals surface area contributed by atoms with E-state index in [1.807, 2.05) is 0 Å². The minimum absolute atomic E-state index is 0.146. The lowest BCUT2D eigenvalue weighted by Crippen LogP contribution is -2.21. The maximum Gasteiger partial charge on any atom is 0.337 e. The number of carboxylic acids is 1. The molecule has 1 saturated heterocycles. The van der Waals surface area contributed by atoms with E-state index in [9.17, 15) is 9.59 Å². The quantitative estimate of drug-likeness (QED) is 0.847. The summed E-state index contributed by atoms with van der Waals surface area (Å²) >= 11 is 0. The van der Waals surface area contributed by atoms with Crippen LogP contribution in [0.2, 0.25) is 0 Å². The van der Waals surface area contributed by atoms with Crippen molar-refractivity contribution in [3.05, 3.63) is 34.2 Å². The van der Waals surface area contributed by atoms with Crippen LogP contribution < -0.4 is 5.56 Å². The molecular formula is C12H15NO4. The SMILES string of the molecule is O=C(O)c1ccc(=O)n(CCC2CCOC2)c1. The van der Waals surface area contributed by atoms with Gasteiger partial charge in [0.25, 0.3) is 5.56 Å². The zero-order valence-electron chi connectivity index (χ0n) is 9.46. The van der Waals surface area contributed by atoms with Gasteiger partial charge in [0.2, 0.25) is 0 Å². The molecule has 0 amide bonds. The second kappa shape index (κ2) is 5.14. The molecule has 0 spiro atoms. The normalized spacial score (nSPS) is 19.4. The molecule has 5 nitrogen and oxygen atoms in total. The van der Waals surface area contributed by atoms with Crippen LogP contribution in [0.4, 0.5) is 0 Å². The number of aryl methyl sites for hydroxylation is 1. The molecule has 17 heavy (non-hydrogen) atoms. The van der Waals surface area contributed by atoms with E-state index in [1.54, 1.807) is 0 Å². The van der Waals surface area contributed by atoms with Crippen LogP contribution in [0.25, 0.3) is 0 Å². The second-order valence-corrected chi connectivity index (χ2v) is 4.27. The lowest BCUT2D eigenvalue weighted by atomic mass is 10.1. The Morgan fingerprint density at radius 1 is 1.53 bits per heavy atom. The molecule has 2 rings (SSSR count). The third kappa shape index (κ3) is 2.94. The van der Waals surface area contributed by atoms with E-state index in [2.05, 4.69) is 0 Å². The number of aromatic carboxylic acids is 1. The molecule has 2 heterocycles. The average Bonchev–Trinajstić information content (AvgIpc) is 2.80. The topological polar surface area (TPSA) is 68.5 Å². The van der Waals surface area contributed by atoms with Gasteiger partial charge < -0.3 is 14.4 Å². The van der Waals surface area contributed by atoms with Gasteiger partial charge in [0.15, 0.2) is 0 Å². The highest BCUT2D eigenvalue weighted by Gasteiger charge is 2.15. The Balaban J connectivity index is 2.05. The molecule has 1 unspecified atom stereocenters. The zero-order chi connectivity index (χ0) is 12.3. The van der Waals surface area contributed by atoms with Crippen LogP contribution in [0.15, 0.2) is 23.1 Å². The van der Waals surface area contributed by atoms with E-state index >= 15 is 0 Å². The van der Waals surface area contributed by atoms with Gasteiger partial charge in [-0.05, 0) is 24.8 Å². The van der Waals surface area contributed by atoms with Crippen molar-refractivity contribution in [2.75, 3.05) is 13.2 Å². The monoisotopic (exact) mass is 237 g/mol. The van der Waals surface area contributed by atoms with Crippen molar-refractivity contribution in [2.45, 2.75) is 19.4 Å². The fraction of sp³-hybridized carbons (Fsp3) is 0.500. The first-order chi connectivity index (χ1) is 8.16. The number of ether oxygens (including phenoxy) is 1. The number of nitrogens with zero attached hydrogens (tertiary/aromatic N) is 1. The fourth-order valence-electron chi connectivity index (χ4n) is 1.97. The van der Waals surface area contributed by atoms with Gasteiger partial charge in [-0.3, -0.25) is 4.79 Å². The average molecular weight is 237 g/mol. The molecule has 1 atom stereocenters. The number of rotatable bonds is 4. The molecule has 5 heteroatoms. The van der Waals surface area contributed by atoms with Crippen LogP contribution in [0.5, 0.6) is 0 Å². The van der Waals surface area contributed by atoms with Crippen LogP contribution in [0.1, 0.15) is 23.2 Å². The number of hydrogen-bond donors (Lipinski definition) is 1. The van der Waals surface area contributed by atoms with E-state index < -0.39 is 5.97 Å². The summed E-state index contributed by atoms with van der Waals surface area (Å²) in [5.74, 6) is -0.529. The summed E-state index contributed by atoms with van der Waals surface area (Å²) in [7, 11) is 0. The van der Waals surface area contributed by atoms with Crippen LogP contribution in [0, 0.1) is 5.92 Å². The van der Waals surface area contributed by atoms with Crippen molar-refractivity contribution in [3.63, 3.8) is 0 Å². The van der Waals surface area contributed by atoms with E-state index in [0.29, 0.717) is 12.5 Å². The number of carboxylic acid groups (broad SMARTS) is 1. The van der Waals surface area contributed by atoms with Crippen LogP contribution in [-0.2, 0) is 11.3 Å². The Bertz CT molecular complexity index is 460. The third-order valence-electron chi connectivity index (χ3n) is 3.03. The molecule has 0 saturated carbocycles. The molecule has 0 aliphatic carbocycles. The predicted octanol–water partition coefficient (Wildman–Crippen LogP) is 0.973. The summed E-state index contributed by atoms with van der Waals surface area (Å²) in [6.45, 7) is 2.08. The van der Waals surface area contributed by atoms with Crippen molar-refractivity contribution < 1.29 is 14.6 Å². The first kappa shape index (κ1) is 11.9. The van der Waals surface area contributed by atoms with Crippen molar-refractivity contribution in [2.24, 2.45) is 5.92 Å². The van der Waals surface area contributed by atoms with Crippen molar-refractivity contribution in [3.8, 4) is 0 Å². The molecule has 92 valence electrons. The Kier molecular flexibility index (Phi) is 3.58.